The number of halogens is 2. The molecule has 96 valence electrons. The molecule has 0 N–H and O–H groups in total. The van der Waals surface area contributed by atoms with Crippen LogP contribution in [0.25, 0.3) is 0 Å². The molecule has 0 heterocycles. The van der Waals surface area contributed by atoms with Gasteiger partial charge in [0.2, 0.25) is 0 Å². The molecular weight excluding hydrogens is 332 g/mol. The van der Waals surface area contributed by atoms with Gasteiger partial charge in [0.15, 0.2) is 0 Å². The maximum atomic E-state index is 6.28. The van der Waals surface area contributed by atoms with Gasteiger partial charge in [-0.2, -0.15) is 0 Å². The van der Waals surface area contributed by atoms with Gasteiger partial charge in [-0.25, -0.2) is 0 Å². The van der Waals surface area contributed by atoms with E-state index in [1.807, 2.05) is 33.8 Å². The van der Waals surface area contributed by atoms with E-state index in [-0.39, 0.29) is 17.0 Å². The molecule has 0 spiro atoms. The molecule has 0 aliphatic heterocycles. The van der Waals surface area contributed by atoms with E-state index >= 15 is 0 Å². The Morgan fingerprint density at radius 1 is 0.947 bits per heavy atom. The molecule has 2 aromatic carbocycles. The first-order valence-electron chi connectivity index (χ1n) is 6.39. The normalized spacial score (nSPS) is 11.7. The number of hydrogen-bond acceptors (Lipinski definition) is 0. The Hall–Kier alpha value is -0.0238. The second-order valence-electron chi connectivity index (χ2n) is 4.53. The standard InChI is InChI=1S/C16H16Cl.BrH.Mg/c1-13(15-9-5-6-10-16(15)17)11-12-14-7-3-2-4-8-14;;/h2-10,13H,1,11-12H2;1H;/q;;+1/p-1. The fourth-order valence-electron chi connectivity index (χ4n) is 2.25. The minimum atomic E-state index is 0. The van der Waals surface area contributed by atoms with Crippen molar-refractivity contribution in [2.45, 2.75) is 23.3 Å². The average Bonchev–Trinajstić information content (AvgIpc) is 2.42. The predicted molar refractivity (Wildman–Crippen MR) is 79.5 cm³/mol. The van der Waals surface area contributed by atoms with Crippen molar-refractivity contribution in [3.63, 3.8) is 0 Å². The maximum absolute atomic E-state index is 6.28. The van der Waals surface area contributed by atoms with Crippen molar-refractivity contribution in [2.75, 3.05) is 0 Å². The zero-order chi connectivity index (χ0) is 12.8. The molecule has 0 bridgehead atoms. The molecule has 0 amide bonds. The van der Waals surface area contributed by atoms with Crippen molar-refractivity contribution < 1.29 is 17.0 Å². The van der Waals surface area contributed by atoms with Gasteiger partial charge < -0.3 is 17.0 Å². The Bertz CT molecular complexity index is 487. The van der Waals surface area contributed by atoms with Crippen molar-refractivity contribution in [2.24, 2.45) is 0 Å². The first-order valence-corrected chi connectivity index (χ1v) is 7.76. The third-order valence-electron chi connectivity index (χ3n) is 3.32. The Kier molecular flexibility index (Phi) is 8.08. The molecule has 0 aromatic heterocycles. The van der Waals surface area contributed by atoms with E-state index in [0.29, 0.717) is 5.92 Å². The number of rotatable bonds is 5. The fraction of sp³-hybridized carbons (Fsp3) is 0.250. The SMILES string of the molecule is [Br-].[Mg+][CH2]C(CCc1ccccc1)c1ccccc1Cl. The summed E-state index contributed by atoms with van der Waals surface area (Å²) in [5.74, 6) is 0.567. The molecule has 0 fully saturated rings. The van der Waals surface area contributed by atoms with E-state index in [4.69, 9.17) is 11.6 Å². The van der Waals surface area contributed by atoms with Crippen LogP contribution in [-0.4, -0.2) is 21.7 Å². The van der Waals surface area contributed by atoms with Gasteiger partial charge in [-0.1, -0.05) is 0 Å². The van der Waals surface area contributed by atoms with Gasteiger partial charge in [-0.05, 0) is 0 Å². The Morgan fingerprint density at radius 3 is 2.21 bits per heavy atom. The molecule has 0 nitrogen and oxygen atoms in total. The van der Waals surface area contributed by atoms with Crippen molar-refractivity contribution >= 4 is 33.3 Å². The van der Waals surface area contributed by atoms with Gasteiger partial charge in [-0.15, -0.1) is 0 Å². The Morgan fingerprint density at radius 2 is 1.58 bits per heavy atom. The Balaban J connectivity index is 0.00000180. The summed E-state index contributed by atoms with van der Waals surface area (Å²) in [7, 11) is 0. The summed E-state index contributed by atoms with van der Waals surface area (Å²) in [4.78, 5) is 0. The molecule has 0 aliphatic carbocycles. The van der Waals surface area contributed by atoms with Gasteiger partial charge in [0.25, 0.3) is 0 Å². The van der Waals surface area contributed by atoms with Gasteiger partial charge >= 0.3 is 127 Å². The van der Waals surface area contributed by atoms with Crippen LogP contribution in [0, 0.1) is 0 Å². The first kappa shape index (κ1) is 17.0. The number of aryl methyl sites for hydroxylation is 1. The van der Waals surface area contributed by atoms with Crippen LogP contribution >= 0.6 is 11.6 Å². The van der Waals surface area contributed by atoms with Crippen LogP contribution in [0.3, 0.4) is 0 Å². The fourth-order valence-corrected chi connectivity index (χ4v) is 3.14. The van der Waals surface area contributed by atoms with Crippen LogP contribution in [0.4, 0.5) is 0 Å². The van der Waals surface area contributed by atoms with E-state index in [2.05, 4.69) is 42.5 Å². The minimum absolute atomic E-state index is 0. The third kappa shape index (κ3) is 5.11. The monoisotopic (exact) mass is 346 g/mol. The quantitative estimate of drug-likeness (QED) is 0.721. The molecule has 1 atom stereocenters. The van der Waals surface area contributed by atoms with Crippen LogP contribution in [0.15, 0.2) is 54.6 Å². The van der Waals surface area contributed by atoms with E-state index in [0.717, 1.165) is 22.4 Å². The van der Waals surface area contributed by atoms with Crippen molar-refractivity contribution in [3.05, 3.63) is 70.7 Å². The summed E-state index contributed by atoms with van der Waals surface area (Å²) >= 11 is 8.32. The number of benzene rings is 2. The Labute approximate surface area is 143 Å². The molecule has 3 heteroatoms. The molecule has 0 radical (unpaired) electrons. The topological polar surface area (TPSA) is 0 Å². The van der Waals surface area contributed by atoms with Crippen molar-refractivity contribution in [1.82, 2.24) is 0 Å². The summed E-state index contributed by atoms with van der Waals surface area (Å²) in [6.07, 6.45) is 2.28. The predicted octanol–water partition coefficient (Wildman–Crippen LogP) is 1.65. The summed E-state index contributed by atoms with van der Waals surface area (Å²) < 4.78 is 1.16. The van der Waals surface area contributed by atoms with Crippen LogP contribution in [0.1, 0.15) is 23.5 Å². The molecule has 0 saturated carbocycles. The van der Waals surface area contributed by atoms with Crippen LogP contribution < -0.4 is 17.0 Å². The molecule has 0 aliphatic rings. The zero-order valence-corrected chi connectivity index (χ0v) is 14.6. The van der Waals surface area contributed by atoms with Gasteiger partial charge in [-0.3, -0.25) is 0 Å². The summed E-state index contributed by atoms with van der Waals surface area (Å²) in [5.41, 5.74) is 2.71. The van der Waals surface area contributed by atoms with Crippen molar-refractivity contribution in [3.8, 4) is 0 Å². The third-order valence-corrected chi connectivity index (χ3v) is 4.36. The molecule has 2 aromatic rings. The summed E-state index contributed by atoms with van der Waals surface area (Å²) in [6.45, 7) is 0. The van der Waals surface area contributed by atoms with E-state index < -0.39 is 0 Å². The number of hydrogen-bond donors (Lipinski definition) is 0. The van der Waals surface area contributed by atoms with Crippen molar-refractivity contribution in [1.29, 1.82) is 0 Å². The molecular formula is C16H16BrClMg. The van der Waals surface area contributed by atoms with Gasteiger partial charge in [0.1, 0.15) is 0 Å². The van der Waals surface area contributed by atoms with Gasteiger partial charge in [0.05, 0.1) is 0 Å². The first-order chi connectivity index (χ1) is 8.81. The average molecular weight is 348 g/mol. The molecule has 19 heavy (non-hydrogen) atoms. The molecule has 2 rings (SSSR count). The van der Waals surface area contributed by atoms with E-state index in [9.17, 15) is 0 Å². The summed E-state index contributed by atoms with van der Waals surface area (Å²) in [6, 6.07) is 18.9. The van der Waals surface area contributed by atoms with Crippen LogP contribution in [-0.2, 0) is 6.42 Å². The van der Waals surface area contributed by atoms with Gasteiger partial charge in [0, 0.05) is 0 Å². The summed E-state index contributed by atoms with van der Waals surface area (Å²) in [5, 5.41) is 0.905. The second kappa shape index (κ2) is 9.01. The molecule has 0 saturated heterocycles. The second-order valence-corrected chi connectivity index (χ2v) is 5.52. The van der Waals surface area contributed by atoms with E-state index in [1.54, 1.807) is 0 Å². The molecule has 1 unspecified atom stereocenters. The van der Waals surface area contributed by atoms with E-state index in [1.165, 1.54) is 11.1 Å². The van der Waals surface area contributed by atoms with Crippen LogP contribution in [0.2, 0.25) is 9.57 Å². The van der Waals surface area contributed by atoms with Crippen LogP contribution in [0.5, 0.6) is 0 Å². The zero-order valence-electron chi connectivity index (χ0n) is 10.9.